The molecule has 7 heteroatoms. The molecule has 0 aliphatic heterocycles. The van der Waals surface area contributed by atoms with Gasteiger partial charge in [-0.15, -0.1) is 11.3 Å². The van der Waals surface area contributed by atoms with Gasteiger partial charge in [-0.05, 0) is 55.6 Å². The first-order valence-electron chi connectivity index (χ1n) is 5.27. The molecular weight excluding hydrogens is 416 g/mol. The highest BCUT2D eigenvalue weighted by Crippen LogP contribution is 2.35. The quantitative estimate of drug-likeness (QED) is 0.652. The van der Waals surface area contributed by atoms with Crippen LogP contribution in [0.15, 0.2) is 32.5 Å². The van der Waals surface area contributed by atoms with E-state index in [1.165, 1.54) is 0 Å². The van der Waals surface area contributed by atoms with Gasteiger partial charge in [-0.1, -0.05) is 0 Å². The number of nitrogens with zero attached hydrogens (tertiary/aromatic N) is 1. The first kappa shape index (κ1) is 15.3. The predicted molar refractivity (Wildman–Crippen MR) is 78.8 cm³/mol. The van der Waals surface area contributed by atoms with Crippen LogP contribution in [-0.4, -0.2) is 5.78 Å². The van der Waals surface area contributed by atoms with E-state index in [2.05, 4.69) is 31.9 Å². The van der Waals surface area contributed by atoms with E-state index >= 15 is 0 Å². The molecule has 0 spiro atoms. The number of thiophene rings is 1. The van der Waals surface area contributed by atoms with Gasteiger partial charge in [0.2, 0.25) is 0 Å². The molecule has 2 aromatic rings. The summed E-state index contributed by atoms with van der Waals surface area (Å²) in [5.41, 5.74) is 0.00986. The van der Waals surface area contributed by atoms with Crippen LogP contribution in [0.25, 0.3) is 0 Å². The van der Waals surface area contributed by atoms with E-state index in [1.807, 2.05) is 0 Å². The van der Waals surface area contributed by atoms with Crippen LogP contribution in [0, 0.1) is 23.0 Å². The van der Waals surface area contributed by atoms with Gasteiger partial charge < -0.3 is 0 Å². The topological polar surface area (TPSA) is 40.9 Å². The van der Waals surface area contributed by atoms with Crippen molar-refractivity contribution in [2.45, 2.75) is 5.92 Å². The van der Waals surface area contributed by atoms with Gasteiger partial charge in [-0.2, -0.15) is 5.26 Å². The minimum atomic E-state index is -1.24. The minimum Gasteiger partial charge on any atom is -0.291 e. The third kappa shape index (κ3) is 3.14. The van der Waals surface area contributed by atoms with Gasteiger partial charge in [0.05, 0.1) is 14.7 Å². The van der Waals surface area contributed by atoms with Crippen LogP contribution in [0.5, 0.6) is 0 Å². The van der Waals surface area contributed by atoms with Gasteiger partial charge in [0.1, 0.15) is 17.6 Å². The summed E-state index contributed by atoms with van der Waals surface area (Å²) >= 11 is 7.65. The van der Waals surface area contributed by atoms with Gasteiger partial charge in [0, 0.05) is 10.5 Å². The maximum atomic E-state index is 13.2. The molecule has 0 saturated heterocycles. The molecule has 1 atom stereocenters. The zero-order valence-electron chi connectivity index (χ0n) is 9.66. The Morgan fingerprint density at radius 3 is 2.25 bits per heavy atom. The maximum absolute atomic E-state index is 13.2. The molecule has 0 amide bonds. The first-order chi connectivity index (χ1) is 9.42. The number of carbonyl (C=O) groups excluding carboxylic acids is 1. The van der Waals surface area contributed by atoms with Crippen LogP contribution in [0.3, 0.4) is 0 Å². The Balaban J connectivity index is 2.42. The van der Waals surface area contributed by atoms with Gasteiger partial charge in [0.15, 0.2) is 5.78 Å². The lowest BCUT2D eigenvalue weighted by atomic mass is 9.95. The van der Waals surface area contributed by atoms with E-state index in [4.69, 9.17) is 5.26 Å². The molecule has 0 aliphatic carbocycles. The molecule has 2 nitrogen and oxygen atoms in total. The zero-order chi connectivity index (χ0) is 14.9. The van der Waals surface area contributed by atoms with Gasteiger partial charge in [0.25, 0.3) is 0 Å². The molecule has 1 heterocycles. The molecular formula is C13H5Br2F2NOS. The average molecular weight is 421 g/mol. The highest BCUT2D eigenvalue weighted by Gasteiger charge is 2.25. The molecule has 20 heavy (non-hydrogen) atoms. The number of rotatable bonds is 3. The van der Waals surface area contributed by atoms with E-state index < -0.39 is 23.3 Å². The SMILES string of the molecule is N#CC(C(=O)c1cc(Br)c(Br)s1)c1cc(F)cc(F)c1. The second kappa shape index (κ2) is 6.12. The second-order valence-corrected chi connectivity index (χ2v) is 7.09. The Kier molecular flexibility index (Phi) is 4.68. The summed E-state index contributed by atoms with van der Waals surface area (Å²) in [6.45, 7) is 0. The smallest absolute Gasteiger partial charge is 0.194 e. The fourth-order valence-electron chi connectivity index (χ4n) is 1.64. The normalized spacial score (nSPS) is 11.9. The van der Waals surface area contributed by atoms with Crippen LogP contribution in [0.2, 0.25) is 0 Å². The Morgan fingerprint density at radius 1 is 1.20 bits per heavy atom. The maximum Gasteiger partial charge on any atom is 0.194 e. The Labute approximate surface area is 134 Å². The Hall–Kier alpha value is -1.10. The number of nitriles is 1. The number of hydrogen-bond acceptors (Lipinski definition) is 3. The first-order valence-corrected chi connectivity index (χ1v) is 7.67. The minimum absolute atomic E-state index is 0.00986. The second-order valence-electron chi connectivity index (χ2n) is 3.86. The van der Waals surface area contributed by atoms with E-state index in [9.17, 15) is 13.6 Å². The van der Waals surface area contributed by atoms with Crippen molar-refractivity contribution in [3.05, 3.63) is 54.6 Å². The van der Waals surface area contributed by atoms with Crippen LogP contribution in [0.1, 0.15) is 21.2 Å². The van der Waals surface area contributed by atoms with Crippen molar-refractivity contribution >= 4 is 49.0 Å². The number of benzene rings is 1. The summed E-state index contributed by atoms with van der Waals surface area (Å²) < 4.78 is 27.8. The number of halogens is 4. The predicted octanol–water partition coefficient (Wildman–Crippen LogP) is 5.04. The molecule has 102 valence electrons. The molecule has 2 rings (SSSR count). The number of hydrogen-bond donors (Lipinski definition) is 0. The van der Waals surface area contributed by atoms with E-state index in [0.29, 0.717) is 19.2 Å². The van der Waals surface area contributed by atoms with E-state index in [0.717, 1.165) is 23.5 Å². The van der Waals surface area contributed by atoms with Crippen LogP contribution in [0.4, 0.5) is 8.78 Å². The third-order valence-electron chi connectivity index (χ3n) is 2.50. The molecule has 0 N–H and O–H groups in total. The molecule has 1 aromatic carbocycles. The Bertz CT molecular complexity index is 684. The fraction of sp³-hybridized carbons (Fsp3) is 0.0769. The largest absolute Gasteiger partial charge is 0.291 e. The van der Waals surface area contributed by atoms with E-state index in [-0.39, 0.29) is 5.56 Å². The molecule has 0 bridgehead atoms. The molecule has 1 aromatic heterocycles. The average Bonchev–Trinajstić information content (AvgIpc) is 2.69. The molecule has 0 radical (unpaired) electrons. The number of carbonyl (C=O) groups is 1. The zero-order valence-corrected chi connectivity index (χ0v) is 13.7. The lowest BCUT2D eigenvalue weighted by Gasteiger charge is -2.07. The van der Waals surface area contributed by atoms with Crippen molar-refractivity contribution in [3.8, 4) is 6.07 Å². The van der Waals surface area contributed by atoms with Crippen LogP contribution >= 0.6 is 43.2 Å². The molecule has 1 unspecified atom stereocenters. The van der Waals surface area contributed by atoms with Crippen molar-refractivity contribution in [2.75, 3.05) is 0 Å². The lowest BCUT2D eigenvalue weighted by molar-refractivity contribution is 0.0982. The van der Waals surface area contributed by atoms with Crippen molar-refractivity contribution in [3.63, 3.8) is 0 Å². The van der Waals surface area contributed by atoms with Crippen molar-refractivity contribution < 1.29 is 13.6 Å². The Morgan fingerprint density at radius 2 is 1.80 bits per heavy atom. The lowest BCUT2D eigenvalue weighted by Crippen LogP contribution is -2.10. The van der Waals surface area contributed by atoms with E-state index in [1.54, 1.807) is 12.1 Å². The van der Waals surface area contributed by atoms with Gasteiger partial charge in [-0.25, -0.2) is 8.78 Å². The number of ketones is 1. The van der Waals surface area contributed by atoms with Crippen molar-refractivity contribution in [2.24, 2.45) is 0 Å². The van der Waals surface area contributed by atoms with Gasteiger partial charge >= 0.3 is 0 Å². The summed E-state index contributed by atoms with van der Waals surface area (Å²) in [4.78, 5) is 12.6. The molecule has 0 saturated carbocycles. The highest BCUT2D eigenvalue weighted by atomic mass is 79.9. The summed E-state index contributed by atoms with van der Waals surface area (Å²) in [6.07, 6.45) is 0. The molecule has 0 fully saturated rings. The standard InChI is InChI=1S/C13H5Br2F2NOS/c14-10-4-11(20-13(10)15)12(19)9(5-18)6-1-7(16)3-8(17)2-6/h1-4,9H. The molecule has 0 aliphatic rings. The monoisotopic (exact) mass is 419 g/mol. The van der Waals surface area contributed by atoms with Crippen LogP contribution in [-0.2, 0) is 0 Å². The van der Waals surface area contributed by atoms with Crippen molar-refractivity contribution in [1.29, 1.82) is 5.26 Å². The fourth-order valence-corrected chi connectivity index (χ4v) is 3.64. The summed E-state index contributed by atoms with van der Waals surface area (Å²) in [6, 6.07) is 6.04. The number of Topliss-reactive ketones (excluding diaryl/α,β-unsaturated/α-hetero) is 1. The summed E-state index contributed by atoms with van der Waals surface area (Å²) in [5, 5.41) is 9.13. The summed E-state index contributed by atoms with van der Waals surface area (Å²) in [7, 11) is 0. The van der Waals surface area contributed by atoms with Gasteiger partial charge in [-0.3, -0.25) is 4.79 Å². The highest BCUT2D eigenvalue weighted by molar-refractivity contribution is 9.13. The van der Waals surface area contributed by atoms with Crippen molar-refractivity contribution in [1.82, 2.24) is 0 Å². The summed E-state index contributed by atoms with van der Waals surface area (Å²) in [5.74, 6) is -3.37. The third-order valence-corrected chi connectivity index (χ3v) is 5.77. The van der Waals surface area contributed by atoms with Crippen LogP contribution < -0.4 is 0 Å².